The molecule has 0 N–H and O–H groups in total. The van der Waals surface area contributed by atoms with Crippen molar-refractivity contribution in [3.8, 4) is 27.9 Å². The maximum absolute atomic E-state index is 2.76. The molecule has 11 rings (SSSR count). The van der Waals surface area contributed by atoms with E-state index in [4.69, 9.17) is 0 Å². The lowest BCUT2D eigenvalue weighted by molar-refractivity contribution is 0.632. The third kappa shape index (κ3) is 2.23. The molecule has 0 unspecified atom stereocenters. The van der Waals surface area contributed by atoms with Gasteiger partial charge in [0.2, 0.25) is 0 Å². The minimum Gasteiger partial charge on any atom is -0.378 e. The summed E-state index contributed by atoms with van der Waals surface area (Å²) in [6.07, 6.45) is 0. The summed E-state index contributed by atoms with van der Waals surface area (Å²) < 4.78 is 8.14. The monoisotopic (exact) mass is 552 g/mol. The van der Waals surface area contributed by atoms with Crippen molar-refractivity contribution < 1.29 is 0 Å². The van der Waals surface area contributed by atoms with Crippen molar-refractivity contribution in [3.05, 3.63) is 114 Å². The lowest BCUT2D eigenvalue weighted by atomic mass is 9.45. The summed E-state index contributed by atoms with van der Waals surface area (Å²) in [6, 6.07) is 37.0. The number of para-hydroxylation sites is 2. The second kappa shape index (κ2) is 6.91. The topological polar surface area (TPSA) is 9.86 Å². The molecule has 0 saturated carbocycles. The molecule has 8 aromatic rings. The summed E-state index contributed by atoms with van der Waals surface area (Å²) in [5, 5.41) is 4.11. The number of rotatable bonds is 0. The van der Waals surface area contributed by atoms with Crippen molar-refractivity contribution in [2.75, 3.05) is 0 Å². The molecule has 0 fully saturated rings. The SMILES string of the molecule is Cc1cc2c3c(c1)-n1c4c(cccc4c4sc5ccccc5c41)B3n1c3c(c4cccc-2c41)-c1ccccc1C3(C)C. The van der Waals surface area contributed by atoms with Gasteiger partial charge in [-0.2, -0.15) is 0 Å². The van der Waals surface area contributed by atoms with Gasteiger partial charge in [-0.25, -0.2) is 0 Å². The van der Waals surface area contributed by atoms with Crippen LogP contribution in [0.25, 0.3) is 70.0 Å². The molecule has 2 nitrogen and oxygen atoms in total. The van der Waals surface area contributed by atoms with Gasteiger partial charge in [0.15, 0.2) is 0 Å². The van der Waals surface area contributed by atoms with E-state index in [9.17, 15) is 0 Å². The molecular weight excluding hydrogens is 527 g/mol. The van der Waals surface area contributed by atoms with Gasteiger partial charge < -0.3 is 9.05 Å². The van der Waals surface area contributed by atoms with Crippen LogP contribution in [0.2, 0.25) is 0 Å². The Morgan fingerprint density at radius 2 is 1.45 bits per heavy atom. The molecule has 0 bridgehead atoms. The Hall–Kier alpha value is -4.54. The highest BCUT2D eigenvalue weighted by Crippen LogP contribution is 2.55. The maximum Gasteiger partial charge on any atom is 0.332 e. The van der Waals surface area contributed by atoms with Crippen molar-refractivity contribution in [1.29, 1.82) is 0 Å². The summed E-state index contributed by atoms with van der Waals surface area (Å²) in [7, 11) is 0. The molecule has 1 aliphatic carbocycles. The Kier molecular flexibility index (Phi) is 3.64. The van der Waals surface area contributed by atoms with Gasteiger partial charge in [0, 0.05) is 54.3 Å². The largest absolute Gasteiger partial charge is 0.378 e. The molecule has 0 amide bonds. The van der Waals surface area contributed by atoms with E-state index in [1.54, 1.807) is 0 Å². The van der Waals surface area contributed by atoms with Crippen molar-refractivity contribution in [2.45, 2.75) is 26.2 Å². The first-order chi connectivity index (χ1) is 20.5. The number of hydrogen-bond acceptors (Lipinski definition) is 1. The van der Waals surface area contributed by atoms with Crippen LogP contribution < -0.4 is 10.9 Å². The van der Waals surface area contributed by atoms with E-state index in [1.165, 1.54) is 97.8 Å². The van der Waals surface area contributed by atoms with Gasteiger partial charge in [0.1, 0.15) is 0 Å². The second-order valence-electron chi connectivity index (χ2n) is 13.0. The molecule has 3 aromatic heterocycles. The minimum absolute atomic E-state index is 0.103. The zero-order valence-electron chi connectivity index (χ0n) is 23.6. The van der Waals surface area contributed by atoms with E-state index in [1.807, 2.05) is 11.3 Å². The normalized spacial score (nSPS) is 15.2. The minimum atomic E-state index is -0.103. The predicted molar refractivity (Wildman–Crippen MR) is 180 cm³/mol. The Bertz CT molecular complexity index is 2570. The summed E-state index contributed by atoms with van der Waals surface area (Å²) in [4.78, 5) is 0. The van der Waals surface area contributed by atoms with Crippen LogP contribution in [0.3, 0.4) is 0 Å². The Balaban J connectivity index is 1.40. The molecule has 0 atom stereocenters. The standard InChI is InChI=1S/C38H25BN2S/c1-20-18-26-21-12-8-13-24-31-22-10-4-6-15-27(22)38(2,3)37(31)41(33(21)24)39-28-16-9-14-25-34(28)40(29(19-20)32(26)39)35-23-11-5-7-17-30(23)42-36(25)35/h4-19H,1-3H3. The summed E-state index contributed by atoms with van der Waals surface area (Å²) in [6.45, 7) is 7.25. The van der Waals surface area contributed by atoms with Gasteiger partial charge in [-0.15, -0.1) is 11.3 Å². The highest BCUT2D eigenvalue weighted by atomic mass is 32.1. The molecule has 0 radical (unpaired) electrons. The van der Waals surface area contributed by atoms with Crippen LogP contribution in [-0.2, 0) is 5.41 Å². The fourth-order valence-corrected chi connectivity index (χ4v) is 10.2. The van der Waals surface area contributed by atoms with Crippen LogP contribution in [0.15, 0.2) is 97.1 Å². The summed E-state index contributed by atoms with van der Waals surface area (Å²) in [5.41, 5.74) is 18.0. The lowest BCUT2D eigenvalue weighted by Crippen LogP contribution is -2.56. The maximum atomic E-state index is 2.76. The first-order valence-corrected chi connectivity index (χ1v) is 15.7. The van der Waals surface area contributed by atoms with Crippen molar-refractivity contribution in [3.63, 3.8) is 0 Å². The predicted octanol–water partition coefficient (Wildman–Crippen LogP) is 8.52. The fraction of sp³-hybridized carbons (Fsp3) is 0.105. The number of aromatic nitrogens is 2. The second-order valence-corrected chi connectivity index (χ2v) is 14.0. The fourth-order valence-electron chi connectivity index (χ4n) is 9.00. The molecule has 2 aliphatic heterocycles. The summed E-state index contributed by atoms with van der Waals surface area (Å²) in [5.74, 6) is 0. The van der Waals surface area contributed by atoms with E-state index in [2.05, 4.69) is 127 Å². The van der Waals surface area contributed by atoms with E-state index < -0.39 is 0 Å². The van der Waals surface area contributed by atoms with E-state index in [0.717, 1.165) is 0 Å². The van der Waals surface area contributed by atoms with Crippen LogP contribution in [-0.4, -0.2) is 15.9 Å². The third-order valence-electron chi connectivity index (χ3n) is 10.5. The van der Waals surface area contributed by atoms with Gasteiger partial charge in [0.25, 0.3) is 0 Å². The van der Waals surface area contributed by atoms with Crippen LogP contribution in [0.1, 0.15) is 30.7 Å². The van der Waals surface area contributed by atoms with Gasteiger partial charge in [-0.3, -0.25) is 0 Å². The van der Waals surface area contributed by atoms with Crippen molar-refractivity contribution in [1.82, 2.24) is 9.05 Å². The molecule has 0 saturated heterocycles. The van der Waals surface area contributed by atoms with Gasteiger partial charge in [0.05, 0.1) is 15.7 Å². The number of benzene rings is 5. The average molecular weight is 553 g/mol. The van der Waals surface area contributed by atoms with E-state index >= 15 is 0 Å². The van der Waals surface area contributed by atoms with E-state index in [-0.39, 0.29) is 12.3 Å². The Labute approximate surface area is 247 Å². The number of nitrogens with zero attached hydrogens (tertiary/aromatic N) is 2. The number of fused-ring (bicyclic) bond motifs is 14. The van der Waals surface area contributed by atoms with Gasteiger partial charge >= 0.3 is 6.85 Å². The molecule has 5 aromatic carbocycles. The zero-order valence-corrected chi connectivity index (χ0v) is 24.4. The van der Waals surface area contributed by atoms with Crippen molar-refractivity contribution in [2.24, 2.45) is 0 Å². The Morgan fingerprint density at radius 3 is 2.38 bits per heavy atom. The van der Waals surface area contributed by atoms with Crippen molar-refractivity contribution >= 4 is 71.2 Å². The first kappa shape index (κ1) is 22.1. The molecule has 3 aliphatic rings. The molecule has 42 heavy (non-hydrogen) atoms. The molecule has 5 heterocycles. The average Bonchev–Trinajstić information content (AvgIpc) is 3.71. The quantitative estimate of drug-likeness (QED) is 0.167. The highest BCUT2D eigenvalue weighted by molar-refractivity contribution is 7.26. The third-order valence-corrected chi connectivity index (χ3v) is 11.7. The molecule has 196 valence electrons. The van der Waals surface area contributed by atoms with Crippen LogP contribution >= 0.6 is 11.3 Å². The Morgan fingerprint density at radius 1 is 0.690 bits per heavy atom. The molecular formula is C38H25BN2S. The number of aryl methyl sites for hydroxylation is 1. The smallest absolute Gasteiger partial charge is 0.332 e. The van der Waals surface area contributed by atoms with Crippen LogP contribution in [0, 0.1) is 6.92 Å². The van der Waals surface area contributed by atoms with Crippen LogP contribution in [0.5, 0.6) is 0 Å². The summed E-state index contributed by atoms with van der Waals surface area (Å²) >= 11 is 1.94. The lowest BCUT2D eigenvalue weighted by Gasteiger charge is -2.36. The highest BCUT2D eigenvalue weighted by Gasteiger charge is 2.48. The zero-order chi connectivity index (χ0) is 27.6. The molecule has 4 heteroatoms. The van der Waals surface area contributed by atoms with Gasteiger partial charge in [-0.05, 0) is 52.2 Å². The first-order valence-electron chi connectivity index (χ1n) is 14.9. The number of thiophene rings is 1. The molecule has 0 spiro atoms. The van der Waals surface area contributed by atoms with Gasteiger partial charge in [-0.1, -0.05) is 98.8 Å². The van der Waals surface area contributed by atoms with Crippen LogP contribution in [0.4, 0.5) is 0 Å². The van der Waals surface area contributed by atoms with E-state index in [0.29, 0.717) is 0 Å². The number of hydrogen-bond donors (Lipinski definition) is 0.